The lowest BCUT2D eigenvalue weighted by Gasteiger charge is -2.21. The van der Waals surface area contributed by atoms with Gasteiger partial charge in [-0.1, -0.05) is 41.4 Å². The van der Waals surface area contributed by atoms with Crippen molar-refractivity contribution < 1.29 is 19.1 Å². The Morgan fingerprint density at radius 1 is 0.918 bits per heavy atom. The molecule has 0 aliphatic rings. The lowest BCUT2D eigenvalue weighted by molar-refractivity contribution is -0.122. The van der Waals surface area contributed by atoms with E-state index in [9.17, 15) is 14.4 Å². The molecule has 0 unspecified atom stereocenters. The minimum absolute atomic E-state index is 0. The number of aromatic nitrogens is 1. The van der Waals surface area contributed by atoms with E-state index in [1.54, 1.807) is 37.4 Å². The molecule has 0 atom stereocenters. The summed E-state index contributed by atoms with van der Waals surface area (Å²) in [5, 5.41) is 6.96. The Labute approximate surface area is 321 Å². The maximum absolute atomic E-state index is 13.0. The number of halogens is 6. The van der Waals surface area contributed by atoms with Crippen molar-refractivity contribution in [1.29, 1.82) is 0 Å². The van der Waals surface area contributed by atoms with Gasteiger partial charge in [-0.15, -0.1) is 49.6 Å². The quantitative estimate of drug-likeness (QED) is 0.157. The number of anilines is 3. The van der Waals surface area contributed by atoms with E-state index in [1.165, 1.54) is 17.9 Å². The lowest BCUT2D eigenvalue weighted by Crippen LogP contribution is -2.37. The first-order valence-electron chi connectivity index (χ1n) is 14.1. The maximum Gasteiger partial charge on any atom is 0.246 e. The van der Waals surface area contributed by atoms with Crippen LogP contribution in [0.5, 0.6) is 5.75 Å². The summed E-state index contributed by atoms with van der Waals surface area (Å²) in [6, 6.07) is 16.5. The molecule has 2 N–H and O–H groups in total. The SMILES string of the molecule is CC(=O)Nc1ccc(/C=C/C(=O)NCC(=O)N(C)c2ccc(Cl)c(COc3cccc4c(N(C)C)cc(C)nc34)c2Cl)cc1C.Cl.Cl.Cl.Cl. The Hall–Kier alpha value is -3.44. The molecule has 0 aliphatic heterocycles. The normalized spacial score (nSPS) is 10.1. The number of hydrogen-bond donors (Lipinski definition) is 2. The van der Waals surface area contributed by atoms with Crippen LogP contribution in [0.3, 0.4) is 0 Å². The molecule has 0 saturated heterocycles. The number of para-hydroxylation sites is 1. The van der Waals surface area contributed by atoms with Crippen LogP contribution < -0.4 is 25.2 Å². The van der Waals surface area contributed by atoms with Crippen molar-refractivity contribution in [1.82, 2.24) is 10.3 Å². The second-order valence-electron chi connectivity index (χ2n) is 10.7. The Morgan fingerprint density at radius 3 is 2.24 bits per heavy atom. The highest BCUT2D eigenvalue weighted by atomic mass is 35.5. The third kappa shape index (κ3) is 11.6. The van der Waals surface area contributed by atoms with Gasteiger partial charge in [0.2, 0.25) is 17.7 Å². The summed E-state index contributed by atoms with van der Waals surface area (Å²) in [6.45, 7) is 5.03. The summed E-state index contributed by atoms with van der Waals surface area (Å²) in [6.07, 6.45) is 2.97. The predicted molar refractivity (Wildman–Crippen MR) is 212 cm³/mol. The monoisotopic (exact) mass is 791 g/mol. The Bertz CT molecular complexity index is 1820. The molecule has 49 heavy (non-hydrogen) atoms. The molecule has 3 amide bonds. The van der Waals surface area contributed by atoms with Gasteiger partial charge in [0.05, 0.1) is 17.3 Å². The van der Waals surface area contributed by atoms with Gasteiger partial charge in [0.1, 0.15) is 17.9 Å². The molecular weight excluding hydrogens is 755 g/mol. The van der Waals surface area contributed by atoms with Gasteiger partial charge in [-0.2, -0.15) is 0 Å². The highest BCUT2D eigenvalue weighted by Crippen LogP contribution is 2.36. The molecule has 1 aromatic heterocycles. The molecule has 4 aromatic rings. The van der Waals surface area contributed by atoms with Crippen LogP contribution in [0.25, 0.3) is 17.0 Å². The largest absolute Gasteiger partial charge is 0.487 e. The van der Waals surface area contributed by atoms with Crippen molar-refractivity contribution in [2.75, 3.05) is 42.8 Å². The standard InChI is InChI=1S/C34H35Cl2N5O4.4ClH/c1-20-16-23(10-13-27(20)39-22(3)42)11-15-31(43)37-18-32(44)41(6)28-14-12-26(35)25(33(28)36)19-45-30-9-7-8-24-29(40(4)5)17-21(2)38-34(24)30;;;;/h7-17H,18-19H2,1-6H3,(H,37,43)(H,39,42);4*1H/b15-11+;;;;. The second kappa shape index (κ2) is 20.3. The number of likely N-dealkylation sites (N-methyl/N-ethyl adjacent to an activating group) is 1. The number of fused-ring (bicyclic) bond motifs is 1. The number of rotatable bonds is 10. The third-order valence-corrected chi connectivity index (χ3v) is 7.84. The molecule has 0 aliphatic carbocycles. The van der Waals surface area contributed by atoms with E-state index >= 15 is 0 Å². The first-order chi connectivity index (χ1) is 21.3. The molecule has 1 heterocycles. The van der Waals surface area contributed by atoms with Crippen LogP contribution in [0.1, 0.15) is 29.3 Å². The number of carbonyl (C=O) groups excluding carboxylic acids is 3. The first-order valence-corrected chi connectivity index (χ1v) is 14.9. The first kappa shape index (κ1) is 45.6. The number of benzene rings is 3. The zero-order chi connectivity index (χ0) is 32.8. The summed E-state index contributed by atoms with van der Waals surface area (Å²) in [5.41, 5.74) is 5.87. The van der Waals surface area contributed by atoms with Gasteiger partial charge in [0.15, 0.2) is 0 Å². The van der Waals surface area contributed by atoms with Crippen molar-refractivity contribution in [3.63, 3.8) is 0 Å². The molecule has 266 valence electrons. The van der Waals surface area contributed by atoms with Crippen LogP contribution in [0.4, 0.5) is 17.1 Å². The van der Waals surface area contributed by atoms with Crippen LogP contribution in [0, 0.1) is 13.8 Å². The zero-order valence-electron chi connectivity index (χ0n) is 27.6. The molecule has 4 rings (SSSR count). The Kier molecular flexibility index (Phi) is 18.9. The third-order valence-electron chi connectivity index (χ3n) is 7.07. The highest BCUT2D eigenvalue weighted by molar-refractivity contribution is 6.38. The van der Waals surface area contributed by atoms with E-state index < -0.39 is 5.91 Å². The molecule has 0 spiro atoms. The van der Waals surface area contributed by atoms with E-state index in [4.69, 9.17) is 32.9 Å². The number of ether oxygens (including phenoxy) is 1. The number of amides is 3. The smallest absolute Gasteiger partial charge is 0.246 e. The van der Waals surface area contributed by atoms with E-state index in [0.717, 1.165) is 33.4 Å². The van der Waals surface area contributed by atoms with E-state index in [1.807, 2.05) is 63.2 Å². The van der Waals surface area contributed by atoms with Crippen molar-refractivity contribution >= 4 is 125 Å². The zero-order valence-corrected chi connectivity index (χ0v) is 32.4. The van der Waals surface area contributed by atoms with Crippen LogP contribution in [0.15, 0.2) is 60.7 Å². The molecule has 0 bridgehead atoms. The Balaban J connectivity index is 0.00000576. The summed E-state index contributed by atoms with van der Waals surface area (Å²) in [4.78, 5) is 44.8. The van der Waals surface area contributed by atoms with Gasteiger partial charge < -0.3 is 25.2 Å². The fourth-order valence-corrected chi connectivity index (χ4v) is 5.32. The molecular formula is C34H39Cl6N5O4. The average Bonchev–Trinajstić information content (AvgIpc) is 2.99. The van der Waals surface area contributed by atoms with Crippen molar-refractivity contribution in [2.45, 2.75) is 27.4 Å². The second-order valence-corrected chi connectivity index (χ2v) is 11.5. The maximum atomic E-state index is 13.0. The van der Waals surface area contributed by atoms with Crippen molar-refractivity contribution in [2.24, 2.45) is 0 Å². The number of aryl methyl sites for hydroxylation is 2. The topological polar surface area (TPSA) is 104 Å². The van der Waals surface area contributed by atoms with Crippen molar-refractivity contribution in [3.05, 3.63) is 93.1 Å². The van der Waals surface area contributed by atoms with Crippen LogP contribution in [0.2, 0.25) is 10.0 Å². The number of carbonyl (C=O) groups is 3. The van der Waals surface area contributed by atoms with E-state index in [-0.39, 0.29) is 79.6 Å². The fraction of sp³-hybridized carbons (Fsp3) is 0.235. The van der Waals surface area contributed by atoms with Crippen LogP contribution >= 0.6 is 72.8 Å². The minimum Gasteiger partial charge on any atom is -0.487 e. The molecule has 3 aromatic carbocycles. The number of pyridine rings is 1. The molecule has 15 heteroatoms. The van der Waals surface area contributed by atoms with E-state index in [2.05, 4.69) is 10.6 Å². The van der Waals surface area contributed by atoms with Crippen LogP contribution in [-0.4, -0.2) is 50.4 Å². The number of hydrogen-bond acceptors (Lipinski definition) is 6. The van der Waals surface area contributed by atoms with E-state index in [0.29, 0.717) is 27.7 Å². The molecule has 9 nitrogen and oxygen atoms in total. The molecule has 0 saturated carbocycles. The predicted octanol–water partition coefficient (Wildman–Crippen LogP) is 8.24. The van der Waals surface area contributed by atoms with Gasteiger partial charge in [0, 0.05) is 67.2 Å². The number of nitrogens with zero attached hydrogens (tertiary/aromatic N) is 3. The Morgan fingerprint density at radius 2 is 1.61 bits per heavy atom. The summed E-state index contributed by atoms with van der Waals surface area (Å²) >= 11 is 13.3. The van der Waals surface area contributed by atoms with Gasteiger partial charge in [-0.05, 0) is 67.4 Å². The lowest BCUT2D eigenvalue weighted by atomic mass is 10.1. The highest BCUT2D eigenvalue weighted by Gasteiger charge is 2.20. The molecule has 0 radical (unpaired) electrons. The summed E-state index contributed by atoms with van der Waals surface area (Å²) < 4.78 is 6.19. The van der Waals surface area contributed by atoms with Gasteiger partial charge in [0.25, 0.3) is 0 Å². The van der Waals surface area contributed by atoms with Gasteiger partial charge >= 0.3 is 0 Å². The van der Waals surface area contributed by atoms with Gasteiger partial charge in [-0.25, -0.2) is 4.98 Å². The summed E-state index contributed by atoms with van der Waals surface area (Å²) in [5.74, 6) is -0.399. The average molecular weight is 794 g/mol. The summed E-state index contributed by atoms with van der Waals surface area (Å²) in [7, 11) is 5.53. The minimum atomic E-state index is -0.437. The number of nitrogens with one attached hydrogen (secondary N) is 2. The van der Waals surface area contributed by atoms with Crippen molar-refractivity contribution in [3.8, 4) is 5.75 Å². The molecule has 0 fully saturated rings. The van der Waals surface area contributed by atoms with Crippen LogP contribution in [-0.2, 0) is 21.0 Å². The van der Waals surface area contributed by atoms with Gasteiger partial charge in [-0.3, -0.25) is 14.4 Å². The fourth-order valence-electron chi connectivity index (χ4n) is 4.71.